The van der Waals surface area contributed by atoms with Gasteiger partial charge in [-0.2, -0.15) is 5.10 Å². The molecule has 3 rings (SSSR count). The predicted octanol–water partition coefficient (Wildman–Crippen LogP) is 0.851. The van der Waals surface area contributed by atoms with Gasteiger partial charge < -0.3 is 15.7 Å². The Hall–Kier alpha value is -1.69. The Balaban J connectivity index is 1.65. The molecular weight excluding hydrogens is 264 g/mol. The van der Waals surface area contributed by atoms with E-state index in [0.717, 1.165) is 31.0 Å². The Bertz CT molecular complexity index is 595. The monoisotopic (exact) mass is 286 g/mol. The molecule has 0 saturated carbocycles. The lowest BCUT2D eigenvalue weighted by Gasteiger charge is -2.15. The number of nitrogens with zero attached hydrogens (tertiary/aromatic N) is 2. The Morgan fingerprint density at radius 3 is 2.95 bits per heavy atom. The molecule has 2 heterocycles. The van der Waals surface area contributed by atoms with Crippen molar-refractivity contribution in [2.45, 2.75) is 19.6 Å². The molecule has 1 aromatic heterocycles. The number of aryl methyl sites for hydroxylation is 1. The first-order valence-electron chi connectivity index (χ1n) is 7.44. The smallest absolute Gasteiger partial charge is 0.0716 e. The molecule has 0 amide bonds. The van der Waals surface area contributed by atoms with Crippen molar-refractivity contribution in [3.05, 3.63) is 47.8 Å². The normalized spacial score (nSPS) is 21.8. The minimum Gasteiger partial charge on any atom is -0.391 e. The van der Waals surface area contributed by atoms with Crippen molar-refractivity contribution in [2.75, 3.05) is 19.6 Å². The zero-order valence-corrected chi connectivity index (χ0v) is 12.3. The molecule has 0 bridgehead atoms. The second-order valence-electron chi connectivity index (χ2n) is 5.64. The van der Waals surface area contributed by atoms with E-state index in [0.29, 0.717) is 12.5 Å². The molecule has 3 N–H and O–H groups in total. The summed E-state index contributed by atoms with van der Waals surface area (Å²) in [6.07, 6.45) is 1.59. The highest BCUT2D eigenvalue weighted by Gasteiger charge is 2.24. The van der Waals surface area contributed by atoms with Crippen molar-refractivity contribution < 1.29 is 5.11 Å². The van der Waals surface area contributed by atoms with Gasteiger partial charge in [-0.3, -0.25) is 0 Å². The number of aliphatic hydroxyl groups excluding tert-OH is 1. The predicted molar refractivity (Wildman–Crippen MR) is 82.4 cm³/mol. The van der Waals surface area contributed by atoms with Crippen LogP contribution in [0, 0.1) is 12.8 Å². The highest BCUT2D eigenvalue weighted by molar-refractivity contribution is 5.40. The molecule has 2 aromatic rings. The topological polar surface area (TPSA) is 62.1 Å². The fraction of sp³-hybridized carbons (Fsp3) is 0.438. The van der Waals surface area contributed by atoms with Crippen LogP contribution >= 0.6 is 0 Å². The molecule has 1 saturated heterocycles. The Labute approximate surface area is 125 Å². The molecule has 1 aliphatic heterocycles. The fourth-order valence-electron chi connectivity index (χ4n) is 2.80. The summed E-state index contributed by atoms with van der Waals surface area (Å²) in [6, 6.07) is 10.3. The zero-order valence-electron chi connectivity index (χ0n) is 12.3. The van der Waals surface area contributed by atoms with E-state index in [9.17, 15) is 5.11 Å². The molecule has 0 aliphatic carbocycles. The average molecular weight is 286 g/mol. The van der Waals surface area contributed by atoms with E-state index in [4.69, 9.17) is 0 Å². The van der Waals surface area contributed by atoms with Gasteiger partial charge in [0, 0.05) is 38.3 Å². The number of aliphatic hydroxyl groups is 1. The largest absolute Gasteiger partial charge is 0.391 e. The summed E-state index contributed by atoms with van der Waals surface area (Å²) in [4.78, 5) is 0. The Morgan fingerprint density at radius 2 is 2.19 bits per heavy atom. The maximum Gasteiger partial charge on any atom is 0.0716 e. The van der Waals surface area contributed by atoms with Crippen molar-refractivity contribution >= 4 is 0 Å². The minimum atomic E-state index is -0.237. The zero-order chi connectivity index (χ0) is 14.7. The molecule has 5 nitrogen and oxygen atoms in total. The summed E-state index contributed by atoms with van der Waals surface area (Å²) < 4.78 is 1.98. The van der Waals surface area contributed by atoms with E-state index in [1.165, 1.54) is 5.56 Å². The summed E-state index contributed by atoms with van der Waals surface area (Å²) >= 11 is 0. The third-order valence-corrected chi connectivity index (χ3v) is 4.08. The van der Waals surface area contributed by atoms with Crippen LogP contribution < -0.4 is 10.6 Å². The van der Waals surface area contributed by atoms with Gasteiger partial charge in [0.2, 0.25) is 0 Å². The first-order chi connectivity index (χ1) is 10.3. The fourth-order valence-corrected chi connectivity index (χ4v) is 2.80. The molecule has 1 aliphatic rings. The van der Waals surface area contributed by atoms with Gasteiger partial charge in [0.1, 0.15) is 0 Å². The lowest BCUT2D eigenvalue weighted by Crippen LogP contribution is -2.30. The average Bonchev–Trinajstić information content (AvgIpc) is 3.09. The number of para-hydroxylation sites is 1. The van der Waals surface area contributed by atoms with E-state index < -0.39 is 0 Å². The van der Waals surface area contributed by atoms with Gasteiger partial charge in [-0.1, -0.05) is 18.2 Å². The SMILES string of the molecule is Cc1ccccc1-n1nccc1CNCC1CNCC1O. The summed E-state index contributed by atoms with van der Waals surface area (Å²) in [5.41, 5.74) is 3.45. The molecule has 2 unspecified atom stereocenters. The highest BCUT2D eigenvalue weighted by atomic mass is 16.3. The van der Waals surface area contributed by atoms with Crippen LogP contribution in [0.5, 0.6) is 0 Å². The van der Waals surface area contributed by atoms with Crippen molar-refractivity contribution in [1.82, 2.24) is 20.4 Å². The summed E-state index contributed by atoms with van der Waals surface area (Å²) in [7, 11) is 0. The molecule has 0 spiro atoms. The van der Waals surface area contributed by atoms with Gasteiger partial charge in [0.25, 0.3) is 0 Å². The van der Waals surface area contributed by atoms with Gasteiger partial charge in [-0.05, 0) is 24.6 Å². The first kappa shape index (κ1) is 14.3. The van der Waals surface area contributed by atoms with E-state index in [1.807, 2.05) is 29.1 Å². The Morgan fingerprint density at radius 1 is 1.33 bits per heavy atom. The van der Waals surface area contributed by atoms with Gasteiger partial charge in [-0.25, -0.2) is 4.68 Å². The summed E-state index contributed by atoms with van der Waals surface area (Å²) in [5, 5.41) is 20.9. The second-order valence-corrected chi connectivity index (χ2v) is 5.64. The van der Waals surface area contributed by atoms with Crippen molar-refractivity contribution in [3.63, 3.8) is 0 Å². The maximum atomic E-state index is 9.80. The van der Waals surface area contributed by atoms with E-state index >= 15 is 0 Å². The van der Waals surface area contributed by atoms with Gasteiger partial charge in [-0.15, -0.1) is 0 Å². The van der Waals surface area contributed by atoms with E-state index in [1.54, 1.807) is 0 Å². The van der Waals surface area contributed by atoms with Crippen LogP contribution in [0.2, 0.25) is 0 Å². The van der Waals surface area contributed by atoms with Gasteiger partial charge >= 0.3 is 0 Å². The number of benzene rings is 1. The van der Waals surface area contributed by atoms with Crippen LogP contribution in [0.1, 0.15) is 11.3 Å². The second kappa shape index (κ2) is 6.39. The van der Waals surface area contributed by atoms with Crippen molar-refractivity contribution in [2.24, 2.45) is 5.92 Å². The van der Waals surface area contributed by atoms with Crippen LogP contribution in [0.3, 0.4) is 0 Å². The molecule has 1 aromatic carbocycles. The molecule has 112 valence electrons. The number of hydrogen-bond donors (Lipinski definition) is 3. The molecule has 1 fully saturated rings. The minimum absolute atomic E-state index is 0.237. The van der Waals surface area contributed by atoms with Crippen LogP contribution in [0.25, 0.3) is 5.69 Å². The molecule has 21 heavy (non-hydrogen) atoms. The lowest BCUT2D eigenvalue weighted by molar-refractivity contribution is 0.146. The van der Waals surface area contributed by atoms with Crippen LogP contribution in [0.15, 0.2) is 36.5 Å². The van der Waals surface area contributed by atoms with Gasteiger partial charge in [0.15, 0.2) is 0 Å². The number of hydrogen-bond acceptors (Lipinski definition) is 4. The number of nitrogens with one attached hydrogen (secondary N) is 2. The number of rotatable bonds is 5. The summed E-state index contributed by atoms with van der Waals surface area (Å²) in [6.45, 7) is 5.23. The third kappa shape index (κ3) is 3.15. The molecule has 5 heteroatoms. The summed E-state index contributed by atoms with van der Waals surface area (Å²) in [5.74, 6) is 0.292. The van der Waals surface area contributed by atoms with E-state index in [2.05, 4.69) is 34.8 Å². The van der Waals surface area contributed by atoms with Crippen LogP contribution in [-0.2, 0) is 6.54 Å². The first-order valence-corrected chi connectivity index (χ1v) is 7.44. The lowest BCUT2D eigenvalue weighted by atomic mass is 10.1. The maximum absolute atomic E-state index is 9.80. The van der Waals surface area contributed by atoms with E-state index in [-0.39, 0.29) is 6.10 Å². The van der Waals surface area contributed by atoms with Crippen molar-refractivity contribution in [1.29, 1.82) is 0 Å². The van der Waals surface area contributed by atoms with Crippen molar-refractivity contribution in [3.8, 4) is 5.69 Å². The third-order valence-electron chi connectivity index (χ3n) is 4.08. The quantitative estimate of drug-likeness (QED) is 0.762. The molecular formula is C16H22N4O. The Kier molecular flexibility index (Phi) is 4.34. The van der Waals surface area contributed by atoms with Crippen LogP contribution in [-0.4, -0.2) is 40.6 Å². The number of β-amino-alcohol motifs (C(OH)–C–C–N with tert-alkyl or cyclic N) is 1. The molecule has 0 radical (unpaired) electrons. The highest BCUT2D eigenvalue weighted by Crippen LogP contribution is 2.15. The molecule has 2 atom stereocenters. The standard InChI is InChI=1S/C16H22N4O/c1-12-4-2-3-5-15(12)20-14(6-7-19-20)10-17-8-13-9-18-11-16(13)21/h2-7,13,16-18,21H,8-11H2,1H3. The number of aromatic nitrogens is 2. The van der Waals surface area contributed by atoms with Gasteiger partial charge in [0.05, 0.1) is 17.5 Å². The van der Waals surface area contributed by atoms with Crippen LogP contribution in [0.4, 0.5) is 0 Å².